The lowest BCUT2D eigenvalue weighted by Gasteiger charge is -2.13. The Bertz CT molecular complexity index is 348. The summed E-state index contributed by atoms with van der Waals surface area (Å²) in [7, 11) is 0. The molecule has 0 fully saturated rings. The lowest BCUT2D eigenvalue weighted by atomic mass is 10.1. The van der Waals surface area contributed by atoms with Crippen LogP contribution >= 0.6 is 0 Å². The summed E-state index contributed by atoms with van der Waals surface area (Å²) in [5, 5.41) is 0. The molecule has 4 nitrogen and oxygen atoms in total. The number of carbonyl (C=O) groups excluding carboxylic acids is 1. The number of nitrogens with two attached hydrogens (primary N) is 1. The van der Waals surface area contributed by atoms with Crippen molar-refractivity contribution < 1.29 is 14.3 Å². The molecule has 0 aliphatic carbocycles. The Morgan fingerprint density at radius 3 is 2.53 bits per heavy atom. The van der Waals surface area contributed by atoms with E-state index in [0.29, 0.717) is 18.9 Å². The van der Waals surface area contributed by atoms with Crippen molar-refractivity contribution in [3.05, 3.63) is 29.8 Å². The summed E-state index contributed by atoms with van der Waals surface area (Å²) in [5.41, 5.74) is 6.62. The van der Waals surface area contributed by atoms with Gasteiger partial charge in [-0.25, -0.2) is 4.79 Å². The molecule has 0 saturated heterocycles. The number of esters is 1. The van der Waals surface area contributed by atoms with Gasteiger partial charge in [0.1, 0.15) is 5.75 Å². The lowest BCUT2D eigenvalue weighted by Crippen LogP contribution is -2.26. The average Bonchev–Trinajstić information content (AvgIpc) is 2.32. The van der Waals surface area contributed by atoms with Gasteiger partial charge in [-0.3, -0.25) is 0 Å². The molecule has 2 N–H and O–H groups in total. The summed E-state index contributed by atoms with van der Waals surface area (Å²) in [6.07, 6.45) is 0.253. The fourth-order valence-electron chi connectivity index (χ4n) is 1.41. The van der Waals surface area contributed by atoms with Crippen molar-refractivity contribution in [2.45, 2.75) is 26.4 Å². The first kappa shape index (κ1) is 13.5. The first-order chi connectivity index (χ1) is 8.17. The number of hydrogen-bond acceptors (Lipinski definition) is 4. The number of hydrogen-bond donors (Lipinski definition) is 1. The summed E-state index contributed by atoms with van der Waals surface area (Å²) in [6, 6.07) is 7.56. The van der Waals surface area contributed by atoms with E-state index in [2.05, 4.69) is 0 Å². The molecule has 17 heavy (non-hydrogen) atoms. The predicted molar refractivity (Wildman–Crippen MR) is 65.9 cm³/mol. The van der Waals surface area contributed by atoms with E-state index in [-0.39, 0.29) is 5.97 Å². The minimum absolute atomic E-state index is 0.349. The van der Waals surface area contributed by atoms with Crippen LogP contribution in [0.2, 0.25) is 0 Å². The van der Waals surface area contributed by atoms with Crippen molar-refractivity contribution in [3.63, 3.8) is 0 Å². The Morgan fingerprint density at radius 2 is 2.00 bits per heavy atom. The largest absolute Gasteiger partial charge is 0.479 e. The fourth-order valence-corrected chi connectivity index (χ4v) is 1.41. The summed E-state index contributed by atoms with van der Waals surface area (Å²) in [4.78, 5) is 11.4. The molecule has 1 aromatic carbocycles. The third-order valence-electron chi connectivity index (χ3n) is 2.29. The van der Waals surface area contributed by atoms with Gasteiger partial charge in [0.25, 0.3) is 0 Å². The minimum atomic E-state index is -0.588. The van der Waals surface area contributed by atoms with Gasteiger partial charge in [0, 0.05) is 0 Å². The Hall–Kier alpha value is -1.55. The molecule has 0 aliphatic rings. The van der Waals surface area contributed by atoms with Gasteiger partial charge in [-0.15, -0.1) is 0 Å². The third-order valence-corrected chi connectivity index (χ3v) is 2.29. The van der Waals surface area contributed by atoms with Gasteiger partial charge in [0.05, 0.1) is 6.61 Å². The van der Waals surface area contributed by atoms with Crippen LogP contribution in [0.3, 0.4) is 0 Å². The number of rotatable bonds is 6. The Morgan fingerprint density at radius 1 is 1.35 bits per heavy atom. The van der Waals surface area contributed by atoms with Crippen molar-refractivity contribution in [2.75, 3.05) is 13.2 Å². The lowest BCUT2D eigenvalue weighted by molar-refractivity contribution is -0.150. The number of ether oxygens (including phenoxy) is 2. The molecule has 1 rings (SSSR count). The Kier molecular flexibility index (Phi) is 5.49. The molecule has 94 valence electrons. The van der Waals surface area contributed by atoms with Gasteiger partial charge < -0.3 is 15.2 Å². The molecule has 0 radical (unpaired) electrons. The molecule has 4 heteroatoms. The zero-order valence-corrected chi connectivity index (χ0v) is 10.3. The maximum Gasteiger partial charge on any atom is 0.347 e. The molecule has 1 atom stereocenters. The molecule has 0 amide bonds. The van der Waals surface area contributed by atoms with E-state index in [1.165, 1.54) is 0 Å². The van der Waals surface area contributed by atoms with Crippen LogP contribution in [0.1, 0.15) is 19.4 Å². The van der Waals surface area contributed by atoms with Crippen LogP contribution in [-0.2, 0) is 16.0 Å². The first-order valence-electron chi connectivity index (χ1n) is 5.79. The molecular formula is C13H19NO3. The second-order valence-corrected chi connectivity index (χ2v) is 3.69. The van der Waals surface area contributed by atoms with Gasteiger partial charge in [-0.2, -0.15) is 0 Å². The topological polar surface area (TPSA) is 61.5 Å². The van der Waals surface area contributed by atoms with Gasteiger partial charge in [-0.1, -0.05) is 12.1 Å². The van der Waals surface area contributed by atoms with Crippen molar-refractivity contribution in [1.29, 1.82) is 0 Å². The molecule has 0 saturated carbocycles. The van der Waals surface area contributed by atoms with Crippen molar-refractivity contribution in [2.24, 2.45) is 5.73 Å². The van der Waals surface area contributed by atoms with Crippen molar-refractivity contribution in [3.8, 4) is 5.75 Å². The quantitative estimate of drug-likeness (QED) is 0.762. The van der Waals surface area contributed by atoms with E-state index < -0.39 is 6.10 Å². The second-order valence-electron chi connectivity index (χ2n) is 3.69. The second kappa shape index (κ2) is 6.91. The Labute approximate surface area is 102 Å². The predicted octanol–water partition coefficient (Wildman–Crippen LogP) is 1.52. The summed E-state index contributed by atoms with van der Waals surface area (Å²) >= 11 is 0. The van der Waals surface area contributed by atoms with E-state index in [0.717, 1.165) is 12.0 Å². The minimum Gasteiger partial charge on any atom is -0.479 e. The molecule has 1 unspecified atom stereocenters. The SMILES string of the molecule is CCOC(=O)C(C)Oc1ccc(CCN)cc1. The zero-order chi connectivity index (χ0) is 12.7. The maximum absolute atomic E-state index is 11.4. The van der Waals surface area contributed by atoms with Crippen LogP contribution in [0.5, 0.6) is 5.75 Å². The fraction of sp³-hybridized carbons (Fsp3) is 0.462. The maximum atomic E-state index is 11.4. The molecule has 1 aromatic rings. The van der Waals surface area contributed by atoms with E-state index in [9.17, 15) is 4.79 Å². The molecular weight excluding hydrogens is 218 g/mol. The molecule has 0 aromatic heterocycles. The molecule has 0 heterocycles. The molecule has 0 aliphatic heterocycles. The van der Waals surface area contributed by atoms with Crippen molar-refractivity contribution >= 4 is 5.97 Å². The average molecular weight is 237 g/mol. The van der Waals surface area contributed by atoms with Gasteiger partial charge in [0.2, 0.25) is 0 Å². The van der Waals surface area contributed by atoms with E-state index in [4.69, 9.17) is 15.2 Å². The van der Waals surface area contributed by atoms with Crippen LogP contribution in [0.4, 0.5) is 0 Å². The number of carbonyl (C=O) groups is 1. The van der Waals surface area contributed by atoms with Crippen LogP contribution in [-0.4, -0.2) is 25.2 Å². The van der Waals surface area contributed by atoms with Crippen LogP contribution < -0.4 is 10.5 Å². The molecule has 0 bridgehead atoms. The van der Waals surface area contributed by atoms with Crippen molar-refractivity contribution in [1.82, 2.24) is 0 Å². The standard InChI is InChI=1S/C13H19NO3/c1-3-16-13(15)10(2)17-12-6-4-11(5-7-12)8-9-14/h4-7,10H,3,8-9,14H2,1-2H3. The zero-order valence-electron chi connectivity index (χ0n) is 10.3. The molecule has 0 spiro atoms. The van der Waals surface area contributed by atoms with Crippen LogP contribution in [0.15, 0.2) is 24.3 Å². The highest BCUT2D eigenvalue weighted by Gasteiger charge is 2.15. The van der Waals surface area contributed by atoms with Gasteiger partial charge >= 0.3 is 5.97 Å². The Balaban J connectivity index is 2.53. The first-order valence-corrected chi connectivity index (χ1v) is 5.79. The van der Waals surface area contributed by atoms with E-state index in [1.54, 1.807) is 13.8 Å². The highest BCUT2D eigenvalue weighted by atomic mass is 16.6. The van der Waals surface area contributed by atoms with Gasteiger partial charge in [-0.05, 0) is 44.5 Å². The highest BCUT2D eigenvalue weighted by molar-refractivity contribution is 5.74. The summed E-state index contributed by atoms with van der Waals surface area (Å²) < 4.78 is 10.3. The monoisotopic (exact) mass is 237 g/mol. The van der Waals surface area contributed by atoms with Gasteiger partial charge in [0.15, 0.2) is 6.10 Å². The third kappa shape index (κ3) is 4.44. The number of benzene rings is 1. The van der Waals surface area contributed by atoms with E-state index >= 15 is 0 Å². The summed E-state index contributed by atoms with van der Waals surface area (Å²) in [5.74, 6) is 0.310. The highest BCUT2D eigenvalue weighted by Crippen LogP contribution is 2.14. The smallest absolute Gasteiger partial charge is 0.347 e. The normalized spacial score (nSPS) is 11.9. The van der Waals surface area contributed by atoms with E-state index in [1.807, 2.05) is 24.3 Å². The van der Waals surface area contributed by atoms with Crippen LogP contribution in [0.25, 0.3) is 0 Å². The summed E-state index contributed by atoms with van der Waals surface area (Å²) in [6.45, 7) is 4.43. The van der Waals surface area contributed by atoms with Crippen LogP contribution in [0, 0.1) is 0 Å².